The third-order valence-corrected chi connectivity index (χ3v) is 4.67. The summed E-state index contributed by atoms with van der Waals surface area (Å²) in [6.45, 7) is 9.26. The van der Waals surface area contributed by atoms with Gasteiger partial charge in [0.25, 0.3) is 0 Å². The Labute approximate surface area is 140 Å². The van der Waals surface area contributed by atoms with Crippen LogP contribution in [0.15, 0.2) is 18.5 Å². The summed E-state index contributed by atoms with van der Waals surface area (Å²) in [6.07, 6.45) is 3.80. The van der Waals surface area contributed by atoms with Crippen molar-refractivity contribution in [1.29, 1.82) is 0 Å². The monoisotopic (exact) mass is 326 g/mol. The fourth-order valence-corrected chi connectivity index (χ4v) is 3.43. The summed E-state index contributed by atoms with van der Waals surface area (Å²) in [4.78, 5) is 7.11. The average Bonchev–Trinajstić information content (AvgIpc) is 3.15. The van der Waals surface area contributed by atoms with Crippen LogP contribution in [-0.4, -0.2) is 49.5 Å². The number of aryl methyl sites for hydroxylation is 3. The zero-order chi connectivity index (χ0) is 16.7. The van der Waals surface area contributed by atoms with Gasteiger partial charge in [0.05, 0.1) is 37.3 Å². The molecule has 0 aliphatic carbocycles. The van der Waals surface area contributed by atoms with Gasteiger partial charge in [0, 0.05) is 30.0 Å². The van der Waals surface area contributed by atoms with Gasteiger partial charge in [-0.15, -0.1) is 0 Å². The second-order valence-corrected chi connectivity index (χ2v) is 6.47. The van der Waals surface area contributed by atoms with Gasteiger partial charge >= 0.3 is 0 Å². The molecule has 0 amide bonds. The van der Waals surface area contributed by atoms with Gasteiger partial charge in [0.2, 0.25) is 0 Å². The molecule has 3 aromatic heterocycles. The number of aromatic nitrogens is 5. The van der Waals surface area contributed by atoms with Crippen LogP contribution in [0.5, 0.6) is 0 Å². The van der Waals surface area contributed by atoms with E-state index in [-0.39, 0.29) is 6.04 Å². The lowest BCUT2D eigenvalue weighted by Gasteiger charge is -2.35. The Kier molecular flexibility index (Phi) is 3.82. The van der Waals surface area contributed by atoms with Crippen molar-refractivity contribution in [3.05, 3.63) is 46.7 Å². The van der Waals surface area contributed by atoms with Crippen molar-refractivity contribution in [3.63, 3.8) is 0 Å². The predicted octanol–water partition coefficient (Wildman–Crippen LogP) is 1.95. The zero-order valence-electron chi connectivity index (χ0n) is 14.3. The Bertz CT molecular complexity index is 867. The van der Waals surface area contributed by atoms with E-state index in [1.165, 1.54) is 5.56 Å². The smallest absolute Gasteiger partial charge is 0.159 e. The van der Waals surface area contributed by atoms with Crippen molar-refractivity contribution in [2.75, 3.05) is 19.8 Å². The summed E-state index contributed by atoms with van der Waals surface area (Å²) in [5.41, 5.74) is 6.51. The Morgan fingerprint density at radius 3 is 2.96 bits per heavy atom. The summed E-state index contributed by atoms with van der Waals surface area (Å²) in [6, 6.07) is 2.23. The summed E-state index contributed by atoms with van der Waals surface area (Å²) in [5, 5.41) is 11.8. The standard InChI is InChI=1S/C17H22N6O/c1-11-7-18-21-16(11)15-10-24-5-4-22(15)9-14-8-19-23-13(3)6-12(2)20-17(14)23/h6-8,15H,4-5,9-10H2,1-3H3,(H,18,21)/t15-/m0/s1. The molecular formula is C17H22N6O. The zero-order valence-corrected chi connectivity index (χ0v) is 14.3. The summed E-state index contributed by atoms with van der Waals surface area (Å²) >= 11 is 0. The molecule has 0 unspecified atom stereocenters. The number of nitrogens with one attached hydrogen (secondary N) is 1. The van der Waals surface area contributed by atoms with Crippen molar-refractivity contribution in [2.45, 2.75) is 33.4 Å². The largest absolute Gasteiger partial charge is 0.378 e. The fraction of sp³-hybridized carbons (Fsp3) is 0.471. The minimum absolute atomic E-state index is 0.183. The summed E-state index contributed by atoms with van der Waals surface area (Å²) in [5.74, 6) is 0. The van der Waals surface area contributed by atoms with Crippen LogP contribution in [0, 0.1) is 20.8 Å². The van der Waals surface area contributed by atoms with Gasteiger partial charge in [0.1, 0.15) is 0 Å². The third-order valence-electron chi connectivity index (χ3n) is 4.67. The normalized spacial score (nSPS) is 19.2. The summed E-state index contributed by atoms with van der Waals surface area (Å²) in [7, 11) is 0. The van der Waals surface area contributed by atoms with Crippen LogP contribution >= 0.6 is 0 Å². The van der Waals surface area contributed by atoms with E-state index in [0.717, 1.165) is 48.0 Å². The molecule has 3 aromatic rings. The summed E-state index contributed by atoms with van der Waals surface area (Å²) < 4.78 is 7.63. The molecule has 0 saturated carbocycles. The first-order valence-corrected chi connectivity index (χ1v) is 8.26. The molecule has 24 heavy (non-hydrogen) atoms. The number of ether oxygens (including phenoxy) is 1. The van der Waals surface area contributed by atoms with Crippen LogP contribution < -0.4 is 0 Å². The van der Waals surface area contributed by atoms with E-state index in [4.69, 9.17) is 4.74 Å². The SMILES string of the molecule is Cc1cc(C)n2ncc(CN3CCOC[C@H]3c3[nH]ncc3C)c2n1. The number of aromatic amines is 1. The topological polar surface area (TPSA) is 71.3 Å². The third kappa shape index (κ3) is 2.59. The Morgan fingerprint density at radius 1 is 1.29 bits per heavy atom. The molecule has 1 atom stereocenters. The first kappa shape index (κ1) is 15.3. The predicted molar refractivity (Wildman–Crippen MR) is 89.8 cm³/mol. The van der Waals surface area contributed by atoms with Gasteiger partial charge in [0.15, 0.2) is 5.65 Å². The molecule has 126 valence electrons. The highest BCUT2D eigenvalue weighted by molar-refractivity contribution is 5.48. The number of rotatable bonds is 3. The maximum absolute atomic E-state index is 5.71. The van der Waals surface area contributed by atoms with E-state index >= 15 is 0 Å². The van der Waals surface area contributed by atoms with E-state index in [9.17, 15) is 0 Å². The van der Waals surface area contributed by atoms with Crippen LogP contribution in [0.2, 0.25) is 0 Å². The first-order chi connectivity index (χ1) is 11.6. The van der Waals surface area contributed by atoms with Crippen molar-refractivity contribution < 1.29 is 4.74 Å². The minimum Gasteiger partial charge on any atom is -0.378 e. The van der Waals surface area contributed by atoms with Gasteiger partial charge < -0.3 is 4.74 Å². The number of nitrogens with zero attached hydrogens (tertiary/aromatic N) is 5. The Hall–Kier alpha value is -2.25. The number of hydrogen-bond donors (Lipinski definition) is 1. The van der Waals surface area contributed by atoms with Gasteiger partial charge in [-0.05, 0) is 32.4 Å². The second-order valence-electron chi connectivity index (χ2n) is 6.47. The highest BCUT2D eigenvalue weighted by Crippen LogP contribution is 2.27. The molecular weight excluding hydrogens is 304 g/mol. The average molecular weight is 326 g/mol. The highest BCUT2D eigenvalue weighted by Gasteiger charge is 2.28. The highest BCUT2D eigenvalue weighted by atomic mass is 16.5. The molecule has 0 bridgehead atoms. The van der Waals surface area contributed by atoms with Crippen molar-refractivity contribution >= 4 is 5.65 Å². The van der Waals surface area contributed by atoms with Gasteiger partial charge in [-0.2, -0.15) is 10.2 Å². The van der Waals surface area contributed by atoms with Crippen LogP contribution in [0.1, 0.15) is 34.3 Å². The minimum atomic E-state index is 0.183. The maximum Gasteiger partial charge on any atom is 0.159 e. The quantitative estimate of drug-likeness (QED) is 0.796. The lowest BCUT2D eigenvalue weighted by atomic mass is 10.1. The van der Waals surface area contributed by atoms with E-state index in [2.05, 4.69) is 45.1 Å². The van der Waals surface area contributed by atoms with Crippen molar-refractivity contribution in [2.24, 2.45) is 0 Å². The molecule has 1 N–H and O–H groups in total. The maximum atomic E-state index is 5.71. The van der Waals surface area contributed by atoms with E-state index < -0.39 is 0 Å². The van der Waals surface area contributed by atoms with E-state index in [0.29, 0.717) is 6.61 Å². The number of hydrogen-bond acceptors (Lipinski definition) is 5. The lowest BCUT2D eigenvalue weighted by molar-refractivity contribution is -0.0143. The molecule has 7 nitrogen and oxygen atoms in total. The number of morpholine rings is 1. The number of fused-ring (bicyclic) bond motifs is 1. The fourth-order valence-electron chi connectivity index (χ4n) is 3.43. The lowest BCUT2D eigenvalue weighted by Crippen LogP contribution is -2.39. The van der Waals surface area contributed by atoms with E-state index in [1.54, 1.807) is 0 Å². The number of H-pyrrole nitrogens is 1. The van der Waals surface area contributed by atoms with Gasteiger partial charge in [-0.1, -0.05) is 0 Å². The Balaban J connectivity index is 1.67. The molecule has 1 aliphatic heterocycles. The molecule has 0 spiro atoms. The van der Waals surface area contributed by atoms with Gasteiger partial charge in [-0.3, -0.25) is 10.00 Å². The molecule has 0 aromatic carbocycles. The first-order valence-electron chi connectivity index (χ1n) is 8.26. The van der Waals surface area contributed by atoms with Crippen LogP contribution in [0.3, 0.4) is 0 Å². The van der Waals surface area contributed by atoms with Crippen molar-refractivity contribution in [3.8, 4) is 0 Å². The molecule has 1 saturated heterocycles. The molecule has 4 heterocycles. The molecule has 1 aliphatic rings. The molecule has 0 radical (unpaired) electrons. The Morgan fingerprint density at radius 2 is 2.17 bits per heavy atom. The molecule has 1 fully saturated rings. The van der Waals surface area contributed by atoms with Crippen LogP contribution in [0.25, 0.3) is 5.65 Å². The van der Waals surface area contributed by atoms with E-state index in [1.807, 2.05) is 23.8 Å². The second kappa shape index (κ2) is 5.99. The van der Waals surface area contributed by atoms with Crippen LogP contribution in [0.4, 0.5) is 0 Å². The van der Waals surface area contributed by atoms with Crippen LogP contribution in [-0.2, 0) is 11.3 Å². The molecule has 7 heteroatoms. The van der Waals surface area contributed by atoms with Gasteiger partial charge in [-0.25, -0.2) is 9.50 Å². The molecule has 4 rings (SSSR count). The van der Waals surface area contributed by atoms with Crippen molar-refractivity contribution in [1.82, 2.24) is 29.7 Å².